The van der Waals surface area contributed by atoms with E-state index in [9.17, 15) is 9.90 Å². The second-order valence-electron chi connectivity index (χ2n) is 8.22. The van der Waals surface area contributed by atoms with Gasteiger partial charge in [-0.1, -0.05) is 11.8 Å². The summed E-state index contributed by atoms with van der Waals surface area (Å²) in [6.45, 7) is 8.04. The van der Waals surface area contributed by atoms with Gasteiger partial charge in [-0.25, -0.2) is 9.97 Å². The third-order valence-corrected chi connectivity index (χ3v) is 6.72. The molecule has 10 heteroatoms. The number of thioether (sulfide) groups is 1. The predicted molar refractivity (Wildman–Crippen MR) is 106 cm³/mol. The maximum absolute atomic E-state index is 12.1. The van der Waals surface area contributed by atoms with Gasteiger partial charge in [-0.15, -0.1) is 0 Å². The third kappa shape index (κ3) is 4.36. The fourth-order valence-corrected chi connectivity index (χ4v) is 4.18. The minimum absolute atomic E-state index is 0.00470. The van der Waals surface area contributed by atoms with E-state index >= 15 is 0 Å². The lowest BCUT2D eigenvalue weighted by atomic mass is 9.81. The molecule has 2 N–H and O–H groups in total. The largest absolute Gasteiger partial charge is 0.498 e. The van der Waals surface area contributed by atoms with Crippen molar-refractivity contribution < 1.29 is 24.3 Å². The summed E-state index contributed by atoms with van der Waals surface area (Å²) in [5.41, 5.74) is -0.0579. The quantitative estimate of drug-likeness (QED) is 0.391. The molecule has 0 bridgehead atoms. The van der Waals surface area contributed by atoms with E-state index in [1.54, 1.807) is 17.3 Å². The van der Waals surface area contributed by atoms with Gasteiger partial charge in [-0.05, 0) is 40.5 Å². The molecular formula is C18H28BN3O5S. The molecule has 2 fully saturated rings. The third-order valence-electron chi connectivity index (χ3n) is 5.70. The Labute approximate surface area is 170 Å². The van der Waals surface area contributed by atoms with Gasteiger partial charge in [-0.3, -0.25) is 4.79 Å². The summed E-state index contributed by atoms with van der Waals surface area (Å²) in [5, 5.41) is 19.2. The standard InChI is InChI=1S/C18H28BN3O5S/c1-17(2)18(3,4)27-19(26-17)12-8-20-16(21-9-12)28-11-13-6-5-7-22(13)15(25)14(24)10-23/h8-9,13-14,23-24H,5-7,10-11H2,1-4H3. The van der Waals surface area contributed by atoms with Crippen LogP contribution < -0.4 is 5.46 Å². The number of rotatable bonds is 6. The van der Waals surface area contributed by atoms with E-state index in [1.807, 2.05) is 27.7 Å². The first-order valence-electron chi connectivity index (χ1n) is 9.54. The monoisotopic (exact) mass is 409 g/mol. The molecule has 2 saturated heterocycles. The number of aliphatic hydroxyl groups is 2. The second-order valence-corrected chi connectivity index (χ2v) is 9.21. The number of aromatic nitrogens is 2. The van der Waals surface area contributed by atoms with Gasteiger partial charge < -0.3 is 24.4 Å². The number of carbonyl (C=O) groups is 1. The van der Waals surface area contributed by atoms with Gasteiger partial charge in [0.15, 0.2) is 11.3 Å². The highest BCUT2D eigenvalue weighted by Crippen LogP contribution is 2.36. The average molecular weight is 409 g/mol. The van der Waals surface area contributed by atoms with E-state index in [0.29, 0.717) is 17.5 Å². The Morgan fingerprint density at radius 1 is 1.32 bits per heavy atom. The molecule has 28 heavy (non-hydrogen) atoms. The van der Waals surface area contributed by atoms with Crippen LogP contribution in [0.25, 0.3) is 0 Å². The molecular weight excluding hydrogens is 381 g/mol. The number of nitrogens with zero attached hydrogens (tertiary/aromatic N) is 3. The summed E-state index contributed by atoms with van der Waals surface area (Å²) in [6, 6.07) is 0.00470. The molecule has 2 aliphatic rings. The number of aliphatic hydroxyl groups excluding tert-OH is 2. The highest BCUT2D eigenvalue weighted by atomic mass is 32.2. The van der Waals surface area contributed by atoms with E-state index in [-0.39, 0.29) is 6.04 Å². The maximum atomic E-state index is 12.1. The van der Waals surface area contributed by atoms with Gasteiger partial charge >= 0.3 is 7.12 Å². The van der Waals surface area contributed by atoms with Gasteiger partial charge in [-0.2, -0.15) is 0 Å². The van der Waals surface area contributed by atoms with Crippen molar-refractivity contribution in [2.45, 2.75) is 69.0 Å². The lowest BCUT2D eigenvalue weighted by Crippen LogP contribution is -2.44. The molecule has 1 amide bonds. The van der Waals surface area contributed by atoms with Crippen LogP contribution in [0.3, 0.4) is 0 Å². The van der Waals surface area contributed by atoms with Gasteiger partial charge in [0.2, 0.25) is 0 Å². The Balaban J connectivity index is 1.57. The topological polar surface area (TPSA) is 105 Å². The molecule has 2 unspecified atom stereocenters. The van der Waals surface area contributed by atoms with Crippen molar-refractivity contribution >= 4 is 30.3 Å². The van der Waals surface area contributed by atoms with E-state index in [0.717, 1.165) is 18.3 Å². The molecule has 1 aromatic heterocycles. The van der Waals surface area contributed by atoms with Crippen LogP contribution in [-0.4, -0.2) is 80.4 Å². The Morgan fingerprint density at radius 2 is 1.93 bits per heavy atom. The number of hydrogen-bond acceptors (Lipinski definition) is 8. The van der Waals surface area contributed by atoms with E-state index in [2.05, 4.69) is 9.97 Å². The van der Waals surface area contributed by atoms with Crippen LogP contribution in [0.2, 0.25) is 0 Å². The lowest BCUT2D eigenvalue weighted by Gasteiger charge is -2.32. The lowest BCUT2D eigenvalue weighted by molar-refractivity contribution is -0.142. The first kappa shape index (κ1) is 21.5. The molecule has 1 aromatic rings. The molecule has 0 spiro atoms. The van der Waals surface area contributed by atoms with Crippen molar-refractivity contribution in [2.24, 2.45) is 0 Å². The first-order chi connectivity index (χ1) is 13.1. The summed E-state index contributed by atoms with van der Waals surface area (Å²) in [4.78, 5) is 22.6. The van der Waals surface area contributed by atoms with Crippen LogP contribution in [0, 0.1) is 0 Å². The van der Waals surface area contributed by atoms with Gasteiger partial charge in [0.05, 0.1) is 17.8 Å². The first-order valence-corrected chi connectivity index (χ1v) is 10.5. The summed E-state index contributed by atoms with van der Waals surface area (Å²) >= 11 is 1.47. The maximum Gasteiger partial charge on any atom is 0.498 e. The summed E-state index contributed by atoms with van der Waals surface area (Å²) < 4.78 is 12.0. The van der Waals surface area contributed by atoms with Crippen molar-refractivity contribution in [3.05, 3.63) is 12.4 Å². The summed E-state index contributed by atoms with van der Waals surface area (Å²) in [5.74, 6) is 0.224. The number of hydrogen-bond donors (Lipinski definition) is 2. The second kappa shape index (κ2) is 8.27. The zero-order valence-corrected chi connectivity index (χ0v) is 17.6. The Bertz CT molecular complexity index is 687. The highest BCUT2D eigenvalue weighted by molar-refractivity contribution is 7.99. The summed E-state index contributed by atoms with van der Waals surface area (Å²) in [6.07, 6.45) is 3.83. The minimum atomic E-state index is -1.35. The van der Waals surface area contributed by atoms with Crippen LogP contribution in [0.1, 0.15) is 40.5 Å². The number of amides is 1. The Hall–Kier alpha value is -1.20. The molecule has 0 aromatic carbocycles. The molecule has 0 aliphatic carbocycles. The zero-order valence-electron chi connectivity index (χ0n) is 16.8. The van der Waals surface area contributed by atoms with Gasteiger partial charge in [0.25, 0.3) is 5.91 Å². The average Bonchev–Trinajstić information content (AvgIpc) is 3.20. The van der Waals surface area contributed by atoms with E-state index in [1.165, 1.54) is 11.8 Å². The molecule has 2 atom stereocenters. The molecule has 0 saturated carbocycles. The van der Waals surface area contributed by atoms with Crippen molar-refractivity contribution in [3.63, 3.8) is 0 Å². The van der Waals surface area contributed by atoms with Crippen LogP contribution in [0.4, 0.5) is 0 Å². The van der Waals surface area contributed by atoms with Crippen LogP contribution >= 0.6 is 11.8 Å². The smallest absolute Gasteiger partial charge is 0.399 e. The van der Waals surface area contributed by atoms with Crippen molar-refractivity contribution in [3.8, 4) is 0 Å². The number of carbonyl (C=O) groups excluding carboxylic acids is 1. The van der Waals surface area contributed by atoms with Crippen LogP contribution in [0.15, 0.2) is 17.6 Å². The predicted octanol–water partition coefficient (Wildman–Crippen LogP) is 0.212. The Morgan fingerprint density at radius 3 is 2.50 bits per heavy atom. The normalized spacial score (nSPS) is 24.6. The van der Waals surface area contributed by atoms with E-state index in [4.69, 9.17) is 14.4 Å². The van der Waals surface area contributed by atoms with Gasteiger partial charge in [0.1, 0.15) is 0 Å². The van der Waals surface area contributed by atoms with Crippen molar-refractivity contribution in [2.75, 3.05) is 18.9 Å². The number of likely N-dealkylation sites (tertiary alicyclic amines) is 1. The fourth-order valence-electron chi connectivity index (χ4n) is 3.24. The SMILES string of the molecule is CC1(C)OB(c2cnc(SCC3CCCN3C(=O)C(O)CO)nc2)OC1(C)C. The molecule has 3 rings (SSSR count). The van der Waals surface area contributed by atoms with Crippen molar-refractivity contribution in [1.82, 2.24) is 14.9 Å². The highest BCUT2D eigenvalue weighted by Gasteiger charge is 2.52. The zero-order chi connectivity index (χ0) is 20.5. The molecule has 154 valence electrons. The van der Waals surface area contributed by atoms with Crippen molar-refractivity contribution in [1.29, 1.82) is 0 Å². The molecule has 8 nitrogen and oxygen atoms in total. The van der Waals surface area contributed by atoms with Crippen LogP contribution in [0.5, 0.6) is 0 Å². The fraction of sp³-hybridized carbons (Fsp3) is 0.722. The minimum Gasteiger partial charge on any atom is -0.399 e. The summed E-state index contributed by atoms with van der Waals surface area (Å²) in [7, 11) is -0.494. The molecule has 2 aliphatic heterocycles. The van der Waals surface area contributed by atoms with Gasteiger partial charge in [0, 0.05) is 36.2 Å². The molecule has 0 radical (unpaired) electrons. The Kier molecular flexibility index (Phi) is 6.36. The van der Waals surface area contributed by atoms with E-state index < -0.39 is 36.9 Å². The van der Waals surface area contributed by atoms with Crippen LogP contribution in [-0.2, 0) is 14.1 Å². The molecule has 3 heterocycles.